The van der Waals surface area contributed by atoms with E-state index in [1.807, 2.05) is 24.4 Å². The minimum atomic E-state index is -0.183. The predicted octanol–water partition coefficient (Wildman–Crippen LogP) is 3.52. The number of thiazole rings is 1. The van der Waals surface area contributed by atoms with Crippen LogP contribution in [0.4, 0.5) is 0 Å². The monoisotopic (exact) mass is 375 g/mol. The molecule has 8 heteroatoms. The second kappa shape index (κ2) is 7.33. The number of nitrogens with zero attached hydrogens (tertiary/aromatic N) is 5. The van der Waals surface area contributed by atoms with E-state index in [0.717, 1.165) is 22.8 Å². The smallest absolute Gasteiger partial charge is 0.276 e. The number of hydrogen-bond acceptors (Lipinski definition) is 5. The van der Waals surface area contributed by atoms with Gasteiger partial charge in [0.05, 0.1) is 28.6 Å². The number of aromatic nitrogens is 4. The summed E-state index contributed by atoms with van der Waals surface area (Å²) in [7, 11) is 1.74. The van der Waals surface area contributed by atoms with Crippen molar-refractivity contribution in [2.24, 2.45) is 0 Å². The van der Waals surface area contributed by atoms with Gasteiger partial charge in [0.1, 0.15) is 0 Å². The summed E-state index contributed by atoms with van der Waals surface area (Å²) in [4.78, 5) is 18.8. The lowest BCUT2D eigenvalue weighted by Crippen LogP contribution is -2.27. The van der Waals surface area contributed by atoms with E-state index in [-0.39, 0.29) is 5.91 Å². The summed E-state index contributed by atoms with van der Waals surface area (Å²) in [6.45, 7) is 4.33. The zero-order chi connectivity index (χ0) is 18.0. The molecule has 25 heavy (non-hydrogen) atoms. The molecule has 0 aliphatic carbocycles. The average Bonchev–Trinajstić information content (AvgIpc) is 3.20. The lowest BCUT2D eigenvalue weighted by atomic mass is 10.2. The molecular formula is C17H18ClN5OS. The van der Waals surface area contributed by atoms with Crippen LogP contribution in [0, 0.1) is 6.92 Å². The second-order valence-corrected chi connectivity index (χ2v) is 7.04. The molecule has 0 saturated carbocycles. The highest BCUT2D eigenvalue weighted by molar-refractivity contribution is 7.09. The van der Waals surface area contributed by atoms with Crippen LogP contribution in [0.2, 0.25) is 5.02 Å². The van der Waals surface area contributed by atoms with E-state index in [9.17, 15) is 4.79 Å². The van der Waals surface area contributed by atoms with E-state index in [1.54, 1.807) is 40.1 Å². The van der Waals surface area contributed by atoms with Crippen LogP contribution in [-0.2, 0) is 13.0 Å². The van der Waals surface area contributed by atoms with Gasteiger partial charge >= 0.3 is 0 Å². The maximum atomic E-state index is 12.7. The minimum Gasteiger partial charge on any atom is -0.334 e. The summed E-state index contributed by atoms with van der Waals surface area (Å²) >= 11 is 7.64. The molecule has 2 heterocycles. The Kier molecular flexibility index (Phi) is 5.15. The van der Waals surface area contributed by atoms with Crippen molar-refractivity contribution in [2.75, 3.05) is 7.05 Å². The van der Waals surface area contributed by atoms with Gasteiger partial charge in [0, 0.05) is 17.5 Å². The molecule has 0 saturated heterocycles. The first-order valence-electron chi connectivity index (χ1n) is 7.86. The van der Waals surface area contributed by atoms with Crippen molar-refractivity contribution in [1.29, 1.82) is 0 Å². The molecule has 0 bridgehead atoms. The van der Waals surface area contributed by atoms with E-state index in [0.29, 0.717) is 23.0 Å². The van der Waals surface area contributed by atoms with Crippen LogP contribution in [0.5, 0.6) is 0 Å². The van der Waals surface area contributed by atoms with Gasteiger partial charge in [-0.3, -0.25) is 4.79 Å². The van der Waals surface area contributed by atoms with Crippen LogP contribution >= 0.6 is 22.9 Å². The van der Waals surface area contributed by atoms with Crippen LogP contribution in [0.3, 0.4) is 0 Å². The van der Waals surface area contributed by atoms with Gasteiger partial charge in [-0.15, -0.1) is 16.4 Å². The van der Waals surface area contributed by atoms with E-state index >= 15 is 0 Å². The molecule has 0 spiro atoms. The Hall–Kier alpha value is -2.25. The van der Waals surface area contributed by atoms with Crippen LogP contribution in [0.1, 0.15) is 33.8 Å². The largest absolute Gasteiger partial charge is 0.334 e. The molecule has 3 rings (SSSR count). The molecule has 0 N–H and O–H groups in total. The Morgan fingerprint density at radius 1 is 1.40 bits per heavy atom. The van der Waals surface area contributed by atoms with E-state index < -0.39 is 0 Å². The van der Waals surface area contributed by atoms with Crippen LogP contribution in [-0.4, -0.2) is 37.8 Å². The topological polar surface area (TPSA) is 63.9 Å². The number of rotatable bonds is 5. The number of amides is 1. The Morgan fingerprint density at radius 2 is 2.20 bits per heavy atom. The van der Waals surface area contributed by atoms with Crippen molar-refractivity contribution in [3.05, 3.63) is 56.8 Å². The van der Waals surface area contributed by atoms with Crippen molar-refractivity contribution in [3.63, 3.8) is 0 Å². The minimum absolute atomic E-state index is 0.183. The van der Waals surface area contributed by atoms with Gasteiger partial charge in [-0.2, -0.15) is 0 Å². The normalized spacial score (nSPS) is 10.9. The van der Waals surface area contributed by atoms with Gasteiger partial charge in [-0.05, 0) is 31.5 Å². The first-order valence-corrected chi connectivity index (χ1v) is 9.12. The fourth-order valence-electron chi connectivity index (χ4n) is 2.46. The highest BCUT2D eigenvalue weighted by atomic mass is 35.5. The lowest BCUT2D eigenvalue weighted by Gasteiger charge is -2.14. The molecule has 2 aromatic heterocycles. The van der Waals surface area contributed by atoms with Crippen LogP contribution in [0.15, 0.2) is 29.6 Å². The van der Waals surface area contributed by atoms with Gasteiger partial charge in [-0.25, -0.2) is 9.67 Å². The zero-order valence-electron chi connectivity index (χ0n) is 14.2. The maximum absolute atomic E-state index is 12.7. The Bertz CT molecular complexity index is 904. The SMILES string of the molecule is CCc1nc(CN(C)C(=O)c2nnn(-c3cccc(Cl)c3)c2C)cs1. The lowest BCUT2D eigenvalue weighted by molar-refractivity contribution is 0.0777. The van der Waals surface area contributed by atoms with Gasteiger partial charge in [-0.1, -0.05) is 29.8 Å². The first-order chi connectivity index (χ1) is 12.0. The predicted molar refractivity (Wildman–Crippen MR) is 98.4 cm³/mol. The highest BCUT2D eigenvalue weighted by Crippen LogP contribution is 2.18. The van der Waals surface area contributed by atoms with Crippen molar-refractivity contribution < 1.29 is 4.79 Å². The number of carbonyl (C=O) groups is 1. The van der Waals surface area contributed by atoms with Gasteiger partial charge < -0.3 is 4.90 Å². The third-order valence-corrected chi connectivity index (χ3v) is 5.07. The van der Waals surface area contributed by atoms with Crippen molar-refractivity contribution in [1.82, 2.24) is 24.9 Å². The van der Waals surface area contributed by atoms with Gasteiger partial charge in [0.2, 0.25) is 0 Å². The third-order valence-electron chi connectivity index (χ3n) is 3.80. The number of halogens is 1. The Labute approximate surface area is 155 Å². The summed E-state index contributed by atoms with van der Waals surface area (Å²) in [5.74, 6) is -0.183. The highest BCUT2D eigenvalue weighted by Gasteiger charge is 2.21. The van der Waals surface area contributed by atoms with E-state index in [4.69, 9.17) is 11.6 Å². The van der Waals surface area contributed by atoms with E-state index in [2.05, 4.69) is 22.2 Å². The number of carbonyl (C=O) groups excluding carboxylic acids is 1. The second-order valence-electron chi connectivity index (χ2n) is 5.66. The average molecular weight is 376 g/mol. The molecule has 0 fully saturated rings. The molecule has 1 aromatic carbocycles. The van der Waals surface area contributed by atoms with Crippen LogP contribution < -0.4 is 0 Å². The Morgan fingerprint density at radius 3 is 2.88 bits per heavy atom. The van der Waals surface area contributed by atoms with Gasteiger partial charge in [0.15, 0.2) is 5.69 Å². The van der Waals surface area contributed by atoms with Crippen molar-refractivity contribution in [2.45, 2.75) is 26.8 Å². The molecule has 0 aliphatic heterocycles. The zero-order valence-corrected chi connectivity index (χ0v) is 15.8. The van der Waals surface area contributed by atoms with Crippen molar-refractivity contribution >= 4 is 28.8 Å². The summed E-state index contributed by atoms with van der Waals surface area (Å²) in [5.41, 5.74) is 2.66. The molecule has 1 amide bonds. The summed E-state index contributed by atoms with van der Waals surface area (Å²) in [5, 5.41) is 11.8. The fraction of sp³-hybridized carbons (Fsp3) is 0.294. The van der Waals surface area contributed by atoms with E-state index in [1.165, 1.54) is 0 Å². The number of benzene rings is 1. The van der Waals surface area contributed by atoms with Crippen LogP contribution in [0.25, 0.3) is 5.69 Å². The molecule has 0 aliphatic rings. The molecule has 0 atom stereocenters. The molecule has 6 nitrogen and oxygen atoms in total. The van der Waals surface area contributed by atoms with Gasteiger partial charge in [0.25, 0.3) is 5.91 Å². The molecule has 0 unspecified atom stereocenters. The standard InChI is InChI=1S/C17H18ClN5OS/c1-4-15-19-13(10-25-15)9-22(3)17(24)16-11(2)23(21-20-16)14-7-5-6-12(18)8-14/h5-8,10H,4,9H2,1-3H3. The Balaban J connectivity index is 1.80. The third kappa shape index (κ3) is 3.72. The quantitative estimate of drug-likeness (QED) is 0.684. The van der Waals surface area contributed by atoms with Crippen molar-refractivity contribution in [3.8, 4) is 5.69 Å². The number of hydrogen-bond donors (Lipinski definition) is 0. The first kappa shape index (κ1) is 17.6. The summed E-state index contributed by atoms with van der Waals surface area (Å²) in [6.07, 6.45) is 0.898. The maximum Gasteiger partial charge on any atom is 0.276 e. The summed E-state index contributed by atoms with van der Waals surface area (Å²) < 4.78 is 1.62. The summed E-state index contributed by atoms with van der Waals surface area (Å²) in [6, 6.07) is 7.27. The number of aryl methyl sites for hydroxylation is 1. The molecular weight excluding hydrogens is 358 g/mol. The molecule has 0 radical (unpaired) electrons. The molecule has 130 valence electrons. The fourth-order valence-corrected chi connectivity index (χ4v) is 3.38. The molecule has 3 aromatic rings.